The van der Waals surface area contributed by atoms with Crippen LogP contribution in [0.1, 0.15) is 5.56 Å². The van der Waals surface area contributed by atoms with Crippen LogP contribution in [0.3, 0.4) is 0 Å². The van der Waals surface area contributed by atoms with E-state index in [1.807, 2.05) is 18.2 Å². The van der Waals surface area contributed by atoms with Crippen molar-refractivity contribution < 1.29 is 14.3 Å². The van der Waals surface area contributed by atoms with Gasteiger partial charge in [0, 0.05) is 25.9 Å². The predicted molar refractivity (Wildman–Crippen MR) is 71.6 cm³/mol. The van der Waals surface area contributed by atoms with Crippen LogP contribution in [0.25, 0.3) is 0 Å². The molecular formula is C13H14N4O3. The summed E-state index contributed by atoms with van der Waals surface area (Å²) in [6.07, 6.45) is 1.76. The fourth-order valence-electron chi connectivity index (χ4n) is 1.88. The Hall–Kier alpha value is -2.70. The molecule has 20 heavy (non-hydrogen) atoms. The van der Waals surface area contributed by atoms with Crippen LogP contribution >= 0.6 is 0 Å². The molecule has 0 bridgehead atoms. The molecule has 2 N–H and O–H groups in total. The van der Waals surface area contributed by atoms with Crippen LogP contribution in [0.5, 0.6) is 11.5 Å². The molecule has 1 aliphatic heterocycles. The van der Waals surface area contributed by atoms with Crippen molar-refractivity contribution >= 4 is 11.8 Å². The number of amides is 2. The van der Waals surface area contributed by atoms with Crippen LogP contribution in [-0.2, 0) is 13.6 Å². The smallest absolute Gasteiger partial charge is 0.320 e. The molecule has 2 aromatic rings. The zero-order valence-electron chi connectivity index (χ0n) is 10.9. The lowest BCUT2D eigenvalue weighted by Crippen LogP contribution is -2.28. The van der Waals surface area contributed by atoms with Crippen LogP contribution in [0.2, 0.25) is 0 Å². The van der Waals surface area contributed by atoms with E-state index in [0.717, 1.165) is 11.3 Å². The molecule has 2 heterocycles. The minimum absolute atomic E-state index is 0.242. The van der Waals surface area contributed by atoms with Crippen molar-refractivity contribution in [2.45, 2.75) is 6.54 Å². The summed E-state index contributed by atoms with van der Waals surface area (Å²) in [6, 6.07) is 6.98. The van der Waals surface area contributed by atoms with Crippen molar-refractivity contribution in [1.82, 2.24) is 15.1 Å². The molecule has 0 aliphatic carbocycles. The molecule has 0 fully saturated rings. The fourth-order valence-corrected chi connectivity index (χ4v) is 1.88. The average molecular weight is 274 g/mol. The first-order valence-electron chi connectivity index (χ1n) is 6.14. The molecule has 7 nitrogen and oxygen atoms in total. The van der Waals surface area contributed by atoms with Gasteiger partial charge < -0.3 is 14.8 Å². The first-order chi connectivity index (χ1) is 9.70. The summed E-state index contributed by atoms with van der Waals surface area (Å²) in [5.41, 5.74) is 0.936. The summed E-state index contributed by atoms with van der Waals surface area (Å²) in [7, 11) is 1.79. The monoisotopic (exact) mass is 274 g/mol. The standard InChI is InChI=1S/C13H14N4O3/c1-17-5-4-12(16-17)15-13(18)14-7-9-2-3-10-11(6-9)20-8-19-10/h2-6H,7-8H2,1H3,(H2,14,15,16,18). The van der Waals surface area contributed by atoms with Crippen molar-refractivity contribution in [3.8, 4) is 11.5 Å². The Labute approximate surface area is 115 Å². The molecule has 104 valence electrons. The number of ether oxygens (including phenoxy) is 2. The van der Waals surface area contributed by atoms with Gasteiger partial charge in [-0.15, -0.1) is 0 Å². The first kappa shape index (κ1) is 12.3. The first-order valence-corrected chi connectivity index (χ1v) is 6.14. The molecule has 1 aliphatic rings. The van der Waals surface area contributed by atoms with Crippen molar-refractivity contribution in [1.29, 1.82) is 0 Å². The predicted octanol–water partition coefficient (Wildman–Crippen LogP) is 1.47. The summed E-state index contributed by atoms with van der Waals surface area (Å²) in [4.78, 5) is 11.7. The number of carbonyl (C=O) groups is 1. The van der Waals surface area contributed by atoms with Crippen molar-refractivity contribution in [2.75, 3.05) is 12.1 Å². The Morgan fingerprint density at radius 3 is 3.00 bits per heavy atom. The minimum Gasteiger partial charge on any atom is -0.454 e. The lowest BCUT2D eigenvalue weighted by atomic mass is 10.2. The Balaban J connectivity index is 1.55. The molecule has 0 saturated heterocycles. The number of hydrogen-bond acceptors (Lipinski definition) is 4. The lowest BCUT2D eigenvalue weighted by molar-refractivity contribution is 0.174. The highest BCUT2D eigenvalue weighted by molar-refractivity contribution is 5.88. The quantitative estimate of drug-likeness (QED) is 0.888. The van der Waals surface area contributed by atoms with Gasteiger partial charge >= 0.3 is 6.03 Å². The molecule has 0 saturated carbocycles. The summed E-state index contributed by atoms with van der Waals surface area (Å²) < 4.78 is 12.1. The van der Waals surface area contributed by atoms with E-state index in [4.69, 9.17) is 9.47 Å². The number of hydrogen-bond donors (Lipinski definition) is 2. The second kappa shape index (κ2) is 5.12. The van der Waals surface area contributed by atoms with E-state index in [0.29, 0.717) is 18.1 Å². The average Bonchev–Trinajstić information content (AvgIpc) is 3.04. The number of anilines is 1. The van der Waals surface area contributed by atoms with Crippen LogP contribution in [0.15, 0.2) is 30.5 Å². The van der Waals surface area contributed by atoms with Gasteiger partial charge in [0.1, 0.15) is 0 Å². The molecular weight excluding hydrogens is 260 g/mol. The number of aromatic nitrogens is 2. The van der Waals surface area contributed by atoms with E-state index < -0.39 is 0 Å². The zero-order chi connectivity index (χ0) is 13.9. The zero-order valence-corrected chi connectivity index (χ0v) is 10.9. The Kier molecular flexibility index (Phi) is 3.16. The number of rotatable bonds is 3. The van der Waals surface area contributed by atoms with Crippen LogP contribution in [0, 0.1) is 0 Å². The van der Waals surface area contributed by atoms with Crippen molar-refractivity contribution in [3.63, 3.8) is 0 Å². The topological polar surface area (TPSA) is 77.4 Å². The van der Waals surface area contributed by atoms with E-state index in [2.05, 4.69) is 15.7 Å². The van der Waals surface area contributed by atoms with Gasteiger partial charge in [-0.2, -0.15) is 5.10 Å². The molecule has 2 amide bonds. The highest BCUT2D eigenvalue weighted by Crippen LogP contribution is 2.32. The minimum atomic E-state index is -0.304. The number of nitrogens with one attached hydrogen (secondary N) is 2. The summed E-state index contributed by atoms with van der Waals surface area (Å²) in [6.45, 7) is 0.641. The van der Waals surface area contributed by atoms with E-state index in [1.165, 1.54) is 0 Å². The Bertz CT molecular complexity index is 638. The largest absolute Gasteiger partial charge is 0.454 e. The van der Waals surface area contributed by atoms with E-state index in [1.54, 1.807) is 24.0 Å². The van der Waals surface area contributed by atoms with Gasteiger partial charge in [0.05, 0.1) is 0 Å². The molecule has 7 heteroatoms. The van der Waals surface area contributed by atoms with Crippen LogP contribution in [-0.4, -0.2) is 22.6 Å². The molecule has 1 aromatic heterocycles. The van der Waals surface area contributed by atoms with E-state index in [9.17, 15) is 4.79 Å². The molecule has 1 aromatic carbocycles. The second-order valence-corrected chi connectivity index (χ2v) is 4.37. The van der Waals surface area contributed by atoms with E-state index in [-0.39, 0.29) is 12.8 Å². The van der Waals surface area contributed by atoms with Crippen molar-refractivity contribution in [3.05, 3.63) is 36.0 Å². The number of fused-ring (bicyclic) bond motifs is 1. The third-order valence-corrected chi connectivity index (χ3v) is 2.85. The highest BCUT2D eigenvalue weighted by atomic mass is 16.7. The maximum atomic E-state index is 11.7. The van der Waals surface area contributed by atoms with Gasteiger partial charge in [-0.25, -0.2) is 4.79 Å². The van der Waals surface area contributed by atoms with Crippen molar-refractivity contribution in [2.24, 2.45) is 7.05 Å². The number of urea groups is 1. The number of benzene rings is 1. The summed E-state index contributed by atoms with van der Waals surface area (Å²) >= 11 is 0. The van der Waals surface area contributed by atoms with Crippen LogP contribution < -0.4 is 20.1 Å². The summed E-state index contributed by atoms with van der Waals surface area (Å²) in [5, 5.41) is 9.46. The molecule has 0 unspecified atom stereocenters. The fraction of sp³-hybridized carbons (Fsp3) is 0.231. The normalized spacial score (nSPS) is 12.2. The van der Waals surface area contributed by atoms with Gasteiger partial charge in [-0.3, -0.25) is 10.00 Å². The maximum absolute atomic E-state index is 11.7. The van der Waals surface area contributed by atoms with Gasteiger partial charge in [-0.1, -0.05) is 6.07 Å². The SMILES string of the molecule is Cn1ccc(NC(=O)NCc2ccc3c(c2)OCO3)n1. The third kappa shape index (κ3) is 2.66. The van der Waals surface area contributed by atoms with Gasteiger partial charge in [0.2, 0.25) is 6.79 Å². The summed E-state index contributed by atoms with van der Waals surface area (Å²) in [5.74, 6) is 1.94. The Morgan fingerprint density at radius 2 is 2.20 bits per heavy atom. The molecule has 0 radical (unpaired) electrons. The molecule has 0 spiro atoms. The Morgan fingerprint density at radius 1 is 1.35 bits per heavy atom. The van der Waals surface area contributed by atoms with E-state index >= 15 is 0 Å². The second-order valence-electron chi connectivity index (χ2n) is 4.37. The number of aryl methyl sites for hydroxylation is 1. The van der Waals surface area contributed by atoms with Gasteiger partial charge in [-0.05, 0) is 17.7 Å². The molecule has 3 rings (SSSR count). The lowest BCUT2D eigenvalue weighted by Gasteiger charge is -2.06. The number of carbonyl (C=O) groups excluding carboxylic acids is 1. The van der Waals surface area contributed by atoms with Crippen LogP contribution in [0.4, 0.5) is 10.6 Å². The number of nitrogens with zero attached hydrogens (tertiary/aromatic N) is 2. The maximum Gasteiger partial charge on any atom is 0.320 e. The van der Waals surface area contributed by atoms with Gasteiger partial charge in [0.15, 0.2) is 17.3 Å². The highest BCUT2D eigenvalue weighted by Gasteiger charge is 2.13. The van der Waals surface area contributed by atoms with Gasteiger partial charge in [0.25, 0.3) is 0 Å². The third-order valence-electron chi connectivity index (χ3n) is 2.85. The molecule has 0 atom stereocenters.